The molecule has 0 amide bonds. The third kappa shape index (κ3) is 4.49. The summed E-state index contributed by atoms with van der Waals surface area (Å²) < 4.78 is 0. The second kappa shape index (κ2) is 6.46. The van der Waals surface area contributed by atoms with Gasteiger partial charge >= 0.3 is 0 Å². The third-order valence-corrected chi connectivity index (χ3v) is 3.55. The number of aliphatic hydroxyl groups excluding tert-OH is 1. The molecule has 0 radical (unpaired) electrons. The van der Waals surface area contributed by atoms with Crippen molar-refractivity contribution in [2.45, 2.75) is 51.0 Å². The Labute approximate surface area is 93.4 Å². The molecule has 1 rings (SSSR count). The Morgan fingerprint density at radius 1 is 1.40 bits per heavy atom. The Bertz CT molecular complexity index is 171. The molecule has 0 aromatic heterocycles. The zero-order valence-electron chi connectivity index (χ0n) is 9.97. The Morgan fingerprint density at radius 3 is 2.60 bits per heavy atom. The number of hydrogen-bond donors (Lipinski definition) is 3. The van der Waals surface area contributed by atoms with E-state index in [1.165, 1.54) is 25.7 Å². The fourth-order valence-electron chi connectivity index (χ4n) is 2.19. The number of aliphatic hydroxyl groups is 1. The fourth-order valence-corrected chi connectivity index (χ4v) is 2.19. The first-order valence-corrected chi connectivity index (χ1v) is 6.26. The molecule has 4 N–H and O–H groups in total. The highest BCUT2D eigenvalue weighted by Crippen LogP contribution is 2.33. The zero-order valence-corrected chi connectivity index (χ0v) is 9.97. The van der Waals surface area contributed by atoms with Gasteiger partial charge in [0.2, 0.25) is 0 Å². The summed E-state index contributed by atoms with van der Waals surface area (Å²) in [5.41, 5.74) is 5.95. The monoisotopic (exact) mass is 214 g/mol. The van der Waals surface area contributed by atoms with Crippen LogP contribution in [0.2, 0.25) is 0 Å². The van der Waals surface area contributed by atoms with E-state index in [4.69, 9.17) is 10.8 Å². The number of nitrogens with two attached hydrogens (primary N) is 1. The summed E-state index contributed by atoms with van der Waals surface area (Å²) in [4.78, 5) is 0. The Hall–Kier alpha value is -0.120. The molecule has 1 aliphatic carbocycles. The Balaban J connectivity index is 2.18. The first-order valence-electron chi connectivity index (χ1n) is 6.26. The van der Waals surface area contributed by atoms with Gasteiger partial charge in [0.15, 0.2) is 0 Å². The first kappa shape index (κ1) is 12.9. The summed E-state index contributed by atoms with van der Waals surface area (Å²) in [6.07, 6.45) is 7.30. The minimum absolute atomic E-state index is 0.112. The van der Waals surface area contributed by atoms with Gasteiger partial charge < -0.3 is 16.2 Å². The molecule has 0 aromatic rings. The predicted molar refractivity (Wildman–Crippen MR) is 63.7 cm³/mol. The van der Waals surface area contributed by atoms with Gasteiger partial charge in [-0.3, -0.25) is 0 Å². The molecule has 1 unspecified atom stereocenters. The van der Waals surface area contributed by atoms with Crippen molar-refractivity contribution in [2.75, 3.05) is 19.7 Å². The Kier molecular flexibility index (Phi) is 5.58. The maximum atomic E-state index is 8.69. The van der Waals surface area contributed by atoms with Gasteiger partial charge in [-0.2, -0.15) is 0 Å². The van der Waals surface area contributed by atoms with E-state index in [2.05, 4.69) is 12.2 Å². The molecule has 0 saturated heterocycles. The summed E-state index contributed by atoms with van der Waals surface area (Å²) >= 11 is 0. The van der Waals surface area contributed by atoms with Crippen LogP contribution in [0.3, 0.4) is 0 Å². The molecular formula is C12H26N2O. The van der Waals surface area contributed by atoms with Crippen LogP contribution in [0, 0.1) is 5.92 Å². The predicted octanol–water partition coefficient (Wildman–Crippen LogP) is 1.26. The van der Waals surface area contributed by atoms with Gasteiger partial charge in [0.05, 0.1) is 0 Å². The highest BCUT2D eigenvalue weighted by Gasteiger charge is 2.29. The minimum atomic E-state index is 0.112. The summed E-state index contributed by atoms with van der Waals surface area (Å²) in [5.74, 6) is 0.892. The molecule has 0 bridgehead atoms. The van der Waals surface area contributed by atoms with Crippen molar-refractivity contribution in [1.29, 1.82) is 0 Å². The van der Waals surface area contributed by atoms with Gasteiger partial charge in [-0.1, -0.05) is 19.3 Å². The minimum Gasteiger partial charge on any atom is -0.396 e. The summed E-state index contributed by atoms with van der Waals surface area (Å²) in [5, 5.41) is 12.2. The largest absolute Gasteiger partial charge is 0.396 e. The van der Waals surface area contributed by atoms with E-state index in [1.807, 2.05) is 0 Å². The van der Waals surface area contributed by atoms with Crippen molar-refractivity contribution in [3.8, 4) is 0 Å². The van der Waals surface area contributed by atoms with Crippen molar-refractivity contribution in [1.82, 2.24) is 5.32 Å². The molecule has 3 nitrogen and oxygen atoms in total. The van der Waals surface area contributed by atoms with Crippen LogP contribution in [0.1, 0.15) is 45.4 Å². The topological polar surface area (TPSA) is 58.3 Å². The fraction of sp³-hybridized carbons (Fsp3) is 1.00. The maximum Gasteiger partial charge on any atom is 0.0431 e. The molecule has 1 aliphatic rings. The second-order valence-corrected chi connectivity index (χ2v) is 5.12. The van der Waals surface area contributed by atoms with Gasteiger partial charge in [0.25, 0.3) is 0 Å². The lowest BCUT2D eigenvalue weighted by Crippen LogP contribution is -2.50. The van der Waals surface area contributed by atoms with Crippen molar-refractivity contribution in [2.24, 2.45) is 11.7 Å². The summed E-state index contributed by atoms with van der Waals surface area (Å²) in [6, 6.07) is 0. The quantitative estimate of drug-likeness (QED) is 0.533. The Morgan fingerprint density at radius 2 is 2.13 bits per heavy atom. The van der Waals surface area contributed by atoms with Gasteiger partial charge in [-0.25, -0.2) is 0 Å². The molecule has 1 saturated carbocycles. The van der Waals surface area contributed by atoms with Crippen LogP contribution < -0.4 is 11.1 Å². The van der Waals surface area contributed by atoms with Crippen molar-refractivity contribution < 1.29 is 5.11 Å². The van der Waals surface area contributed by atoms with Crippen molar-refractivity contribution in [3.05, 3.63) is 0 Å². The summed E-state index contributed by atoms with van der Waals surface area (Å²) in [7, 11) is 0. The van der Waals surface area contributed by atoms with E-state index < -0.39 is 0 Å². The van der Waals surface area contributed by atoms with E-state index >= 15 is 0 Å². The molecule has 0 spiro atoms. The first-order chi connectivity index (χ1) is 7.20. The van der Waals surface area contributed by atoms with Gasteiger partial charge in [0.1, 0.15) is 0 Å². The molecule has 0 aliphatic heterocycles. The van der Waals surface area contributed by atoms with Crippen LogP contribution in [-0.2, 0) is 0 Å². The lowest BCUT2D eigenvalue weighted by Gasteiger charge is -2.37. The van der Waals surface area contributed by atoms with Gasteiger partial charge in [0, 0.05) is 18.7 Å². The molecule has 3 heteroatoms. The number of nitrogens with one attached hydrogen (secondary N) is 1. The summed E-state index contributed by atoms with van der Waals surface area (Å²) in [6.45, 7) is 4.21. The zero-order chi connectivity index (χ0) is 11.1. The van der Waals surface area contributed by atoms with E-state index in [1.54, 1.807) is 0 Å². The van der Waals surface area contributed by atoms with Gasteiger partial charge in [-0.05, 0) is 38.6 Å². The normalized spacial score (nSPS) is 21.0. The highest BCUT2D eigenvalue weighted by molar-refractivity contribution is 4.88. The average molecular weight is 214 g/mol. The van der Waals surface area contributed by atoms with Crippen LogP contribution in [0.4, 0.5) is 0 Å². The van der Waals surface area contributed by atoms with Crippen LogP contribution in [0.25, 0.3) is 0 Å². The lowest BCUT2D eigenvalue weighted by molar-refractivity contribution is 0.205. The highest BCUT2D eigenvalue weighted by atomic mass is 16.2. The second-order valence-electron chi connectivity index (χ2n) is 5.12. The SMILES string of the molecule is CC(CN)(CC1CCC1)NCCCCO. The average Bonchev–Trinajstić information content (AvgIpc) is 2.19. The maximum absolute atomic E-state index is 8.69. The van der Waals surface area contributed by atoms with Crippen LogP contribution >= 0.6 is 0 Å². The van der Waals surface area contributed by atoms with E-state index in [0.29, 0.717) is 13.2 Å². The van der Waals surface area contributed by atoms with Crippen molar-refractivity contribution >= 4 is 0 Å². The molecule has 0 aromatic carbocycles. The van der Waals surface area contributed by atoms with Crippen LogP contribution in [0.5, 0.6) is 0 Å². The molecule has 1 fully saturated rings. The van der Waals surface area contributed by atoms with Crippen LogP contribution in [0.15, 0.2) is 0 Å². The van der Waals surface area contributed by atoms with E-state index in [9.17, 15) is 0 Å². The molecule has 1 atom stereocenters. The van der Waals surface area contributed by atoms with E-state index in [-0.39, 0.29) is 5.54 Å². The van der Waals surface area contributed by atoms with E-state index in [0.717, 1.165) is 25.3 Å². The lowest BCUT2D eigenvalue weighted by atomic mass is 9.76. The van der Waals surface area contributed by atoms with Crippen molar-refractivity contribution in [3.63, 3.8) is 0 Å². The molecule has 15 heavy (non-hydrogen) atoms. The number of rotatable bonds is 8. The molecular weight excluding hydrogens is 188 g/mol. The number of unbranched alkanes of at least 4 members (excludes halogenated alkanes) is 1. The molecule has 90 valence electrons. The number of hydrogen-bond acceptors (Lipinski definition) is 3. The van der Waals surface area contributed by atoms with Crippen LogP contribution in [-0.4, -0.2) is 30.3 Å². The third-order valence-electron chi connectivity index (χ3n) is 3.55. The molecule has 0 heterocycles. The van der Waals surface area contributed by atoms with Gasteiger partial charge in [-0.15, -0.1) is 0 Å². The smallest absolute Gasteiger partial charge is 0.0431 e. The standard InChI is InChI=1S/C12H26N2O/c1-12(10-13,9-11-5-4-6-11)14-7-2-3-8-15/h11,14-15H,2-10,13H2,1H3.